The van der Waals surface area contributed by atoms with Crippen LogP contribution >= 0.6 is 0 Å². The minimum atomic E-state index is 0.856. The highest BCUT2D eigenvalue weighted by Gasteiger charge is 2.23. The Morgan fingerprint density at radius 1 is 1.36 bits per heavy atom. The van der Waals surface area contributed by atoms with Crippen LogP contribution in [0.4, 0.5) is 0 Å². The molecule has 0 amide bonds. The maximum atomic E-state index is 3.28. The fraction of sp³-hybridized carbons (Fsp3) is 0.500. The van der Waals surface area contributed by atoms with Gasteiger partial charge in [-0.3, -0.25) is 10.4 Å². The van der Waals surface area contributed by atoms with Crippen molar-refractivity contribution in [1.82, 2.24) is 10.4 Å². The fourth-order valence-corrected chi connectivity index (χ4v) is 1.62. The molecule has 0 heterocycles. The molecule has 0 aromatic heterocycles. The molecule has 1 fully saturated rings. The summed E-state index contributed by atoms with van der Waals surface area (Å²) < 4.78 is 0. The van der Waals surface area contributed by atoms with E-state index in [1.807, 2.05) is 19.1 Å². The minimum Gasteiger partial charge on any atom is -0.251 e. The predicted molar refractivity (Wildman–Crippen MR) is 58.9 cm³/mol. The molecule has 0 spiro atoms. The van der Waals surface area contributed by atoms with Gasteiger partial charge in [0.25, 0.3) is 0 Å². The molecule has 14 heavy (non-hydrogen) atoms. The second-order valence-electron chi connectivity index (χ2n) is 4.25. The highest BCUT2D eigenvalue weighted by Crippen LogP contribution is 2.40. The Labute approximate surface area is 85.9 Å². The smallest absolute Gasteiger partial charge is 0.0353 e. The molecule has 0 radical (unpaired) electrons. The van der Waals surface area contributed by atoms with Crippen molar-refractivity contribution in [2.75, 3.05) is 14.1 Å². The third-order valence-corrected chi connectivity index (χ3v) is 2.60. The number of nitrogens with one attached hydrogen (secondary N) is 1. The Hall–Kier alpha value is -0.860. The number of nitrogens with zero attached hydrogens (tertiary/aromatic N) is 1. The predicted octanol–water partition coefficient (Wildman–Crippen LogP) is 2.13. The first-order chi connectivity index (χ1) is 6.75. The van der Waals surface area contributed by atoms with E-state index in [2.05, 4.69) is 29.7 Å². The lowest BCUT2D eigenvalue weighted by Crippen LogP contribution is -2.29. The molecule has 2 nitrogen and oxygen atoms in total. The van der Waals surface area contributed by atoms with E-state index in [1.54, 1.807) is 0 Å². The summed E-state index contributed by atoms with van der Waals surface area (Å²) in [6, 6.07) is 8.92. The summed E-state index contributed by atoms with van der Waals surface area (Å²) in [5.41, 5.74) is 6.18. The topological polar surface area (TPSA) is 15.3 Å². The van der Waals surface area contributed by atoms with Crippen molar-refractivity contribution in [3.05, 3.63) is 35.4 Å². The summed E-state index contributed by atoms with van der Waals surface area (Å²) in [6.07, 6.45) is 2.76. The molecular weight excluding hydrogens is 172 g/mol. The van der Waals surface area contributed by atoms with E-state index in [4.69, 9.17) is 0 Å². The summed E-state index contributed by atoms with van der Waals surface area (Å²) in [7, 11) is 4.04. The van der Waals surface area contributed by atoms with Crippen molar-refractivity contribution < 1.29 is 0 Å². The quantitative estimate of drug-likeness (QED) is 0.732. The van der Waals surface area contributed by atoms with Gasteiger partial charge in [0.1, 0.15) is 0 Å². The van der Waals surface area contributed by atoms with Gasteiger partial charge in [-0.15, -0.1) is 0 Å². The highest BCUT2D eigenvalue weighted by atomic mass is 15.5. The van der Waals surface area contributed by atoms with Crippen LogP contribution in [0.1, 0.15) is 29.9 Å². The molecule has 0 saturated heterocycles. The Kier molecular flexibility index (Phi) is 2.85. The van der Waals surface area contributed by atoms with Gasteiger partial charge in [0.2, 0.25) is 0 Å². The van der Waals surface area contributed by atoms with Crippen molar-refractivity contribution in [3.8, 4) is 0 Å². The number of benzene rings is 1. The van der Waals surface area contributed by atoms with Gasteiger partial charge in [0, 0.05) is 20.6 Å². The van der Waals surface area contributed by atoms with E-state index in [0.717, 1.165) is 12.5 Å². The largest absolute Gasteiger partial charge is 0.251 e. The van der Waals surface area contributed by atoms with Crippen LogP contribution < -0.4 is 5.43 Å². The SMILES string of the molecule is CN(C)NCc1cccc(C2CC2)c1. The molecule has 1 N–H and O–H groups in total. The molecule has 0 bridgehead atoms. The zero-order valence-corrected chi connectivity index (χ0v) is 8.96. The summed E-state index contributed by atoms with van der Waals surface area (Å²) in [4.78, 5) is 0. The number of rotatable bonds is 4. The molecule has 76 valence electrons. The second kappa shape index (κ2) is 4.11. The number of hydrogen-bond donors (Lipinski definition) is 1. The van der Waals surface area contributed by atoms with E-state index in [0.29, 0.717) is 0 Å². The summed E-state index contributed by atoms with van der Waals surface area (Å²) in [5, 5.41) is 1.99. The lowest BCUT2D eigenvalue weighted by molar-refractivity contribution is 0.286. The highest BCUT2D eigenvalue weighted by molar-refractivity contribution is 5.28. The van der Waals surface area contributed by atoms with Crippen LogP contribution in [-0.4, -0.2) is 19.1 Å². The number of hydrogen-bond acceptors (Lipinski definition) is 2. The van der Waals surface area contributed by atoms with Gasteiger partial charge in [-0.1, -0.05) is 24.3 Å². The third-order valence-electron chi connectivity index (χ3n) is 2.60. The zero-order chi connectivity index (χ0) is 9.97. The van der Waals surface area contributed by atoms with Crippen LogP contribution in [0.5, 0.6) is 0 Å². The monoisotopic (exact) mass is 190 g/mol. The first kappa shape index (κ1) is 9.69. The van der Waals surface area contributed by atoms with Crippen molar-refractivity contribution >= 4 is 0 Å². The van der Waals surface area contributed by atoms with E-state index < -0.39 is 0 Å². The molecule has 1 aromatic rings. The van der Waals surface area contributed by atoms with Gasteiger partial charge < -0.3 is 0 Å². The molecule has 1 aliphatic rings. The average molecular weight is 190 g/mol. The van der Waals surface area contributed by atoms with Gasteiger partial charge in [-0.2, -0.15) is 0 Å². The van der Waals surface area contributed by atoms with Crippen molar-refractivity contribution in [2.45, 2.75) is 25.3 Å². The minimum absolute atomic E-state index is 0.856. The molecule has 2 rings (SSSR count). The van der Waals surface area contributed by atoms with Gasteiger partial charge >= 0.3 is 0 Å². The van der Waals surface area contributed by atoms with Crippen LogP contribution in [-0.2, 0) is 6.54 Å². The lowest BCUT2D eigenvalue weighted by atomic mass is 10.1. The van der Waals surface area contributed by atoms with Crippen molar-refractivity contribution in [3.63, 3.8) is 0 Å². The van der Waals surface area contributed by atoms with Gasteiger partial charge in [0.15, 0.2) is 0 Å². The molecule has 1 aliphatic carbocycles. The normalized spacial score (nSPS) is 16.2. The third kappa shape index (κ3) is 2.56. The van der Waals surface area contributed by atoms with Crippen LogP contribution in [0.3, 0.4) is 0 Å². The molecule has 1 saturated carbocycles. The number of hydrazine groups is 1. The first-order valence-electron chi connectivity index (χ1n) is 5.25. The first-order valence-corrected chi connectivity index (χ1v) is 5.25. The molecule has 0 atom stereocenters. The van der Waals surface area contributed by atoms with E-state index in [1.165, 1.54) is 24.0 Å². The average Bonchev–Trinajstić information content (AvgIpc) is 2.98. The van der Waals surface area contributed by atoms with Crippen molar-refractivity contribution in [1.29, 1.82) is 0 Å². The van der Waals surface area contributed by atoms with Gasteiger partial charge in [-0.05, 0) is 29.9 Å². The Bertz CT molecular complexity index is 303. The zero-order valence-electron chi connectivity index (χ0n) is 8.96. The van der Waals surface area contributed by atoms with Gasteiger partial charge in [-0.25, -0.2) is 0 Å². The van der Waals surface area contributed by atoms with E-state index >= 15 is 0 Å². The standard InChI is InChI=1S/C12H18N2/c1-14(2)13-9-10-4-3-5-12(8-10)11-6-7-11/h3-5,8,11,13H,6-7,9H2,1-2H3. The van der Waals surface area contributed by atoms with E-state index in [-0.39, 0.29) is 0 Å². The van der Waals surface area contributed by atoms with Crippen molar-refractivity contribution in [2.24, 2.45) is 0 Å². The maximum Gasteiger partial charge on any atom is 0.0353 e. The second-order valence-corrected chi connectivity index (χ2v) is 4.25. The van der Waals surface area contributed by atoms with Crippen LogP contribution in [0, 0.1) is 0 Å². The molecular formula is C12H18N2. The Balaban J connectivity index is 1.99. The summed E-state index contributed by atoms with van der Waals surface area (Å²) in [6.45, 7) is 0.924. The van der Waals surface area contributed by atoms with Crippen LogP contribution in [0.2, 0.25) is 0 Å². The molecule has 0 unspecified atom stereocenters. The molecule has 0 aliphatic heterocycles. The van der Waals surface area contributed by atoms with Crippen LogP contribution in [0.25, 0.3) is 0 Å². The summed E-state index contributed by atoms with van der Waals surface area (Å²) >= 11 is 0. The fourth-order valence-electron chi connectivity index (χ4n) is 1.62. The lowest BCUT2D eigenvalue weighted by Gasteiger charge is -2.12. The summed E-state index contributed by atoms with van der Waals surface area (Å²) in [5.74, 6) is 0.856. The Morgan fingerprint density at radius 3 is 2.79 bits per heavy atom. The Morgan fingerprint density at radius 2 is 2.14 bits per heavy atom. The molecule has 2 heteroatoms. The molecule has 1 aromatic carbocycles. The van der Waals surface area contributed by atoms with Crippen LogP contribution in [0.15, 0.2) is 24.3 Å². The van der Waals surface area contributed by atoms with E-state index in [9.17, 15) is 0 Å². The maximum absolute atomic E-state index is 3.28. The van der Waals surface area contributed by atoms with Gasteiger partial charge in [0.05, 0.1) is 0 Å².